The third-order valence-corrected chi connectivity index (χ3v) is 3.81. The summed E-state index contributed by atoms with van der Waals surface area (Å²) in [4.78, 5) is 14.4. The number of hydrogen-bond acceptors (Lipinski definition) is 4. The van der Waals surface area contributed by atoms with Crippen LogP contribution in [0.3, 0.4) is 0 Å². The van der Waals surface area contributed by atoms with Gasteiger partial charge in [0.2, 0.25) is 0 Å². The molecule has 0 aromatic carbocycles. The third-order valence-electron chi connectivity index (χ3n) is 3.21. The van der Waals surface area contributed by atoms with Crippen LogP contribution in [0.5, 0.6) is 0 Å². The van der Waals surface area contributed by atoms with Gasteiger partial charge in [-0.05, 0) is 35.7 Å². The fraction of sp³-hybridized carbons (Fsp3) is 0.545. The van der Waals surface area contributed by atoms with Crippen molar-refractivity contribution < 1.29 is 4.92 Å². The lowest BCUT2D eigenvalue weighted by Crippen LogP contribution is -2.31. The van der Waals surface area contributed by atoms with Crippen LogP contribution >= 0.6 is 15.9 Å². The van der Waals surface area contributed by atoms with Crippen molar-refractivity contribution in [1.82, 2.24) is 4.98 Å². The van der Waals surface area contributed by atoms with Crippen molar-refractivity contribution in [3.05, 3.63) is 27.0 Å². The molecule has 1 saturated carbocycles. The molecule has 0 unspecified atom stereocenters. The molecule has 92 valence electrons. The van der Waals surface area contributed by atoms with Crippen molar-refractivity contribution >= 4 is 27.3 Å². The maximum absolute atomic E-state index is 11.0. The van der Waals surface area contributed by atoms with E-state index >= 15 is 0 Å². The van der Waals surface area contributed by atoms with Gasteiger partial charge in [-0.15, -0.1) is 0 Å². The Morgan fingerprint density at radius 2 is 2.12 bits per heavy atom. The van der Waals surface area contributed by atoms with Crippen molar-refractivity contribution in [1.29, 1.82) is 0 Å². The number of nitrogens with one attached hydrogen (secondary N) is 1. The highest BCUT2D eigenvalue weighted by atomic mass is 79.9. The largest absolute Gasteiger partial charge is 0.373 e. The van der Waals surface area contributed by atoms with E-state index in [-0.39, 0.29) is 11.2 Å². The molecule has 0 amide bonds. The maximum atomic E-state index is 11.0. The summed E-state index contributed by atoms with van der Waals surface area (Å²) in [6.45, 7) is 2.11. The molecule has 17 heavy (non-hydrogen) atoms. The Hall–Kier alpha value is -1.17. The Morgan fingerprint density at radius 3 is 2.71 bits per heavy atom. The highest BCUT2D eigenvalue weighted by molar-refractivity contribution is 9.10. The first-order chi connectivity index (χ1) is 8.02. The molecule has 1 aliphatic rings. The highest BCUT2D eigenvalue weighted by Gasteiger charge is 2.31. The minimum absolute atomic E-state index is 0.0208. The van der Waals surface area contributed by atoms with E-state index in [4.69, 9.17) is 0 Å². The average Bonchev–Trinajstić information content (AvgIpc) is 2.68. The quantitative estimate of drug-likeness (QED) is 0.685. The van der Waals surface area contributed by atoms with Crippen LogP contribution < -0.4 is 5.32 Å². The summed E-state index contributed by atoms with van der Waals surface area (Å²) in [7, 11) is 0. The Morgan fingerprint density at radius 1 is 1.47 bits per heavy atom. The van der Waals surface area contributed by atoms with E-state index in [1.165, 1.54) is 19.0 Å². The first kappa shape index (κ1) is 12.3. The lowest BCUT2D eigenvalue weighted by Gasteiger charge is -2.26. The second-order valence-corrected chi connectivity index (χ2v) is 5.52. The van der Waals surface area contributed by atoms with Crippen LogP contribution in [0.25, 0.3) is 0 Å². The zero-order valence-corrected chi connectivity index (χ0v) is 11.2. The van der Waals surface area contributed by atoms with E-state index in [9.17, 15) is 10.1 Å². The SMILES string of the molecule is CC1(Nc2c(Br)cncc2[N+](=O)[O-])CCCC1. The average molecular weight is 300 g/mol. The van der Waals surface area contributed by atoms with Crippen LogP contribution in [0.1, 0.15) is 32.6 Å². The summed E-state index contributed by atoms with van der Waals surface area (Å²) in [5.74, 6) is 0. The summed E-state index contributed by atoms with van der Waals surface area (Å²) >= 11 is 3.32. The number of hydrogen-bond donors (Lipinski definition) is 1. The Kier molecular flexibility index (Phi) is 3.33. The van der Waals surface area contributed by atoms with Crippen molar-refractivity contribution in [2.24, 2.45) is 0 Å². The summed E-state index contributed by atoms with van der Waals surface area (Å²) in [6, 6.07) is 0. The molecule has 1 aromatic rings. The Labute approximate surface area is 108 Å². The van der Waals surface area contributed by atoms with Crippen LogP contribution in [0.15, 0.2) is 16.9 Å². The molecule has 1 N–H and O–H groups in total. The Bertz CT molecular complexity index is 444. The van der Waals surface area contributed by atoms with E-state index in [2.05, 4.69) is 33.2 Å². The number of nitrogens with zero attached hydrogens (tertiary/aromatic N) is 2. The van der Waals surface area contributed by atoms with Crippen LogP contribution in [-0.2, 0) is 0 Å². The van der Waals surface area contributed by atoms with E-state index in [1.807, 2.05) is 0 Å². The number of nitro groups is 1. The molecule has 0 bridgehead atoms. The van der Waals surface area contributed by atoms with E-state index in [1.54, 1.807) is 6.20 Å². The molecule has 1 aliphatic carbocycles. The lowest BCUT2D eigenvalue weighted by molar-refractivity contribution is -0.384. The molecule has 0 aliphatic heterocycles. The monoisotopic (exact) mass is 299 g/mol. The Balaban J connectivity index is 2.34. The van der Waals surface area contributed by atoms with Gasteiger partial charge < -0.3 is 5.32 Å². The van der Waals surface area contributed by atoms with E-state index in [0.29, 0.717) is 10.2 Å². The number of anilines is 1. The smallest absolute Gasteiger partial charge is 0.311 e. The second-order valence-electron chi connectivity index (χ2n) is 4.67. The molecule has 0 saturated heterocycles. The molecule has 1 aromatic heterocycles. The van der Waals surface area contributed by atoms with Gasteiger partial charge in [0.1, 0.15) is 11.9 Å². The summed E-state index contributed by atoms with van der Waals surface area (Å²) in [5, 5.41) is 14.3. The van der Waals surface area contributed by atoms with Crippen LogP contribution in [-0.4, -0.2) is 15.4 Å². The molecule has 2 rings (SSSR count). The first-order valence-electron chi connectivity index (χ1n) is 5.58. The second kappa shape index (κ2) is 4.60. The van der Waals surface area contributed by atoms with E-state index in [0.717, 1.165) is 12.8 Å². The van der Waals surface area contributed by atoms with Crippen molar-refractivity contribution in [3.63, 3.8) is 0 Å². The first-order valence-corrected chi connectivity index (χ1v) is 6.37. The van der Waals surface area contributed by atoms with Gasteiger partial charge in [-0.2, -0.15) is 0 Å². The topological polar surface area (TPSA) is 68.1 Å². The molecule has 0 spiro atoms. The number of halogens is 1. The lowest BCUT2D eigenvalue weighted by atomic mass is 10.0. The molecular weight excluding hydrogens is 286 g/mol. The fourth-order valence-electron chi connectivity index (χ4n) is 2.27. The number of pyridine rings is 1. The van der Waals surface area contributed by atoms with Crippen LogP contribution in [0.4, 0.5) is 11.4 Å². The fourth-order valence-corrected chi connectivity index (χ4v) is 2.69. The van der Waals surface area contributed by atoms with E-state index < -0.39 is 4.92 Å². The van der Waals surface area contributed by atoms with Crippen molar-refractivity contribution in [2.75, 3.05) is 5.32 Å². The maximum Gasteiger partial charge on any atom is 0.311 e. The predicted molar refractivity (Wildman–Crippen MR) is 69.1 cm³/mol. The summed E-state index contributed by atoms with van der Waals surface area (Å²) in [6.07, 6.45) is 7.27. The van der Waals surface area contributed by atoms with Gasteiger partial charge in [-0.3, -0.25) is 15.1 Å². The zero-order valence-electron chi connectivity index (χ0n) is 9.57. The molecule has 5 nitrogen and oxygen atoms in total. The summed E-state index contributed by atoms with van der Waals surface area (Å²) in [5.41, 5.74) is 0.510. The van der Waals surface area contributed by atoms with Crippen molar-refractivity contribution in [2.45, 2.75) is 38.1 Å². The van der Waals surface area contributed by atoms with Gasteiger partial charge >= 0.3 is 5.69 Å². The predicted octanol–water partition coefficient (Wildman–Crippen LogP) is 3.50. The molecule has 0 atom stereocenters. The standard InChI is InChI=1S/C11H14BrN3O2/c1-11(4-2-3-5-11)14-10-8(12)6-13-7-9(10)15(16)17/h6-7H,2-5H2,1H3,(H,13,14). The highest BCUT2D eigenvalue weighted by Crippen LogP contribution is 2.38. The van der Waals surface area contributed by atoms with Gasteiger partial charge in [0.25, 0.3) is 0 Å². The van der Waals surface area contributed by atoms with Crippen LogP contribution in [0.2, 0.25) is 0 Å². The summed E-state index contributed by atoms with van der Waals surface area (Å²) < 4.78 is 0.639. The number of rotatable bonds is 3. The van der Waals surface area contributed by atoms with Gasteiger partial charge in [0, 0.05) is 11.7 Å². The van der Waals surface area contributed by atoms with Gasteiger partial charge in [-0.1, -0.05) is 12.8 Å². The molecular formula is C11H14BrN3O2. The third kappa shape index (κ3) is 2.57. The molecule has 1 fully saturated rings. The molecule has 6 heteroatoms. The minimum atomic E-state index is -0.404. The number of aromatic nitrogens is 1. The van der Waals surface area contributed by atoms with Crippen LogP contribution in [0, 0.1) is 10.1 Å². The molecule has 0 radical (unpaired) electrons. The van der Waals surface area contributed by atoms with Gasteiger partial charge in [0.05, 0.1) is 9.40 Å². The zero-order chi connectivity index (χ0) is 12.5. The normalized spacial score (nSPS) is 18.0. The van der Waals surface area contributed by atoms with Crippen molar-refractivity contribution in [3.8, 4) is 0 Å². The van der Waals surface area contributed by atoms with Gasteiger partial charge in [-0.25, -0.2) is 0 Å². The van der Waals surface area contributed by atoms with Gasteiger partial charge in [0.15, 0.2) is 0 Å². The molecule has 1 heterocycles. The minimum Gasteiger partial charge on any atom is -0.373 e.